The Morgan fingerprint density at radius 2 is 2.14 bits per heavy atom. The van der Waals surface area contributed by atoms with Crippen molar-refractivity contribution >= 4 is 23.6 Å². The highest BCUT2D eigenvalue weighted by Gasteiger charge is 2.08. The lowest BCUT2D eigenvalue weighted by Gasteiger charge is -2.11. The van der Waals surface area contributed by atoms with Gasteiger partial charge >= 0.3 is 5.97 Å². The lowest BCUT2D eigenvalue weighted by atomic mass is 10.1. The van der Waals surface area contributed by atoms with Gasteiger partial charge in [-0.3, -0.25) is 4.79 Å². The van der Waals surface area contributed by atoms with Crippen molar-refractivity contribution in [3.8, 4) is 0 Å². The summed E-state index contributed by atoms with van der Waals surface area (Å²) >= 11 is 0. The van der Waals surface area contributed by atoms with E-state index in [1.807, 2.05) is 19.9 Å². The number of ether oxygens (including phenoxy) is 1. The molecule has 0 aliphatic rings. The molecular formula is C16H21NO4. The number of benzene rings is 1. The molecule has 21 heavy (non-hydrogen) atoms. The summed E-state index contributed by atoms with van der Waals surface area (Å²) in [5.41, 5.74) is 2.34. The van der Waals surface area contributed by atoms with E-state index in [-0.39, 0.29) is 12.0 Å². The van der Waals surface area contributed by atoms with Gasteiger partial charge in [0.05, 0.1) is 6.10 Å². The monoisotopic (exact) mass is 291 g/mol. The molecule has 1 aromatic carbocycles. The van der Waals surface area contributed by atoms with Crippen molar-refractivity contribution in [2.45, 2.75) is 32.8 Å². The highest BCUT2D eigenvalue weighted by molar-refractivity contribution is 5.92. The van der Waals surface area contributed by atoms with Crippen molar-refractivity contribution in [1.29, 1.82) is 0 Å². The summed E-state index contributed by atoms with van der Waals surface area (Å²) in [5, 5.41) is 11.5. The minimum atomic E-state index is -1.00. The fourth-order valence-corrected chi connectivity index (χ4v) is 1.71. The molecule has 5 nitrogen and oxygen atoms in total. The van der Waals surface area contributed by atoms with Crippen molar-refractivity contribution in [1.82, 2.24) is 0 Å². The second-order valence-corrected chi connectivity index (χ2v) is 4.88. The van der Waals surface area contributed by atoms with Crippen molar-refractivity contribution in [3.05, 3.63) is 35.4 Å². The molecule has 1 aromatic rings. The maximum Gasteiger partial charge on any atom is 0.328 e. The number of carbonyl (C=O) groups is 2. The second kappa shape index (κ2) is 8.21. The molecule has 0 aliphatic carbocycles. The number of anilines is 1. The summed E-state index contributed by atoms with van der Waals surface area (Å²) in [6.45, 7) is 3.80. The number of aryl methyl sites for hydroxylation is 1. The summed E-state index contributed by atoms with van der Waals surface area (Å²) in [5.74, 6) is -1.09. The molecule has 114 valence electrons. The number of aliphatic carboxylic acids is 1. The molecule has 5 heteroatoms. The molecule has 0 spiro atoms. The molecular weight excluding hydrogens is 270 g/mol. The average molecular weight is 291 g/mol. The third-order valence-electron chi connectivity index (χ3n) is 3.13. The normalized spacial score (nSPS) is 12.3. The number of amides is 1. The summed E-state index contributed by atoms with van der Waals surface area (Å²) < 4.78 is 5.10. The van der Waals surface area contributed by atoms with Gasteiger partial charge in [-0.25, -0.2) is 4.79 Å². The zero-order valence-electron chi connectivity index (χ0n) is 12.6. The van der Waals surface area contributed by atoms with Crippen LogP contribution in [0.25, 0.3) is 6.08 Å². The Bertz CT molecular complexity index is 537. The third-order valence-corrected chi connectivity index (χ3v) is 3.13. The molecule has 0 fully saturated rings. The first-order valence-corrected chi connectivity index (χ1v) is 6.76. The predicted octanol–water partition coefficient (Wildman–Crippen LogP) is 2.85. The lowest BCUT2D eigenvalue weighted by molar-refractivity contribution is -0.131. The summed E-state index contributed by atoms with van der Waals surface area (Å²) in [4.78, 5) is 22.4. The number of methoxy groups -OCH3 is 1. The molecule has 0 heterocycles. The number of carboxylic acid groups (broad SMARTS) is 1. The molecule has 0 saturated carbocycles. The van der Waals surface area contributed by atoms with Crippen LogP contribution >= 0.6 is 0 Å². The first kappa shape index (κ1) is 16.9. The molecule has 0 radical (unpaired) electrons. The highest BCUT2D eigenvalue weighted by Crippen LogP contribution is 2.18. The highest BCUT2D eigenvalue weighted by atomic mass is 16.5. The van der Waals surface area contributed by atoms with Gasteiger partial charge in [0, 0.05) is 25.3 Å². The van der Waals surface area contributed by atoms with Gasteiger partial charge in [0.2, 0.25) is 5.91 Å². The zero-order valence-corrected chi connectivity index (χ0v) is 12.6. The smallest absolute Gasteiger partial charge is 0.328 e. The van der Waals surface area contributed by atoms with Gasteiger partial charge in [-0.05, 0) is 43.5 Å². The SMILES string of the molecule is COC(C)CCC(=O)Nc1cc(/C=C/C(=O)O)ccc1C. The number of hydrogen-bond acceptors (Lipinski definition) is 3. The first-order valence-electron chi connectivity index (χ1n) is 6.76. The Labute approximate surface area is 124 Å². The molecule has 1 unspecified atom stereocenters. The number of hydrogen-bond donors (Lipinski definition) is 2. The number of carboxylic acids is 1. The quantitative estimate of drug-likeness (QED) is 0.757. The van der Waals surface area contributed by atoms with Gasteiger partial charge in [-0.2, -0.15) is 0 Å². The van der Waals surface area contributed by atoms with Crippen molar-refractivity contribution in [3.63, 3.8) is 0 Å². The largest absolute Gasteiger partial charge is 0.478 e. The Hall–Kier alpha value is -2.14. The van der Waals surface area contributed by atoms with E-state index in [0.29, 0.717) is 18.5 Å². The minimum absolute atomic E-state index is 0.0432. The molecule has 2 N–H and O–H groups in total. The van der Waals surface area contributed by atoms with Crippen LogP contribution in [0.15, 0.2) is 24.3 Å². The molecule has 1 atom stereocenters. The summed E-state index contributed by atoms with van der Waals surface area (Å²) in [6, 6.07) is 5.40. The maximum absolute atomic E-state index is 11.9. The van der Waals surface area contributed by atoms with Gasteiger partial charge in [0.15, 0.2) is 0 Å². The van der Waals surface area contributed by atoms with E-state index < -0.39 is 5.97 Å². The third kappa shape index (κ3) is 6.23. The molecule has 0 aromatic heterocycles. The van der Waals surface area contributed by atoms with Crippen LogP contribution < -0.4 is 5.32 Å². The second-order valence-electron chi connectivity index (χ2n) is 4.88. The van der Waals surface area contributed by atoms with E-state index in [4.69, 9.17) is 9.84 Å². The van der Waals surface area contributed by atoms with Crippen LogP contribution in [0.1, 0.15) is 30.9 Å². The Morgan fingerprint density at radius 1 is 1.43 bits per heavy atom. The summed E-state index contributed by atoms with van der Waals surface area (Å²) in [7, 11) is 1.62. The fourth-order valence-electron chi connectivity index (χ4n) is 1.71. The first-order chi connectivity index (χ1) is 9.92. The van der Waals surface area contributed by atoms with E-state index in [9.17, 15) is 9.59 Å². The fraction of sp³-hybridized carbons (Fsp3) is 0.375. The van der Waals surface area contributed by atoms with E-state index in [2.05, 4.69) is 5.32 Å². The van der Waals surface area contributed by atoms with Crippen LogP contribution in [-0.2, 0) is 14.3 Å². The summed E-state index contributed by atoms with van der Waals surface area (Å²) in [6.07, 6.45) is 3.63. The molecule has 0 aliphatic heterocycles. The van der Waals surface area contributed by atoms with E-state index >= 15 is 0 Å². The number of carbonyl (C=O) groups excluding carboxylic acids is 1. The molecule has 1 rings (SSSR count). The minimum Gasteiger partial charge on any atom is -0.478 e. The Kier molecular flexibility index (Phi) is 6.62. The predicted molar refractivity (Wildman–Crippen MR) is 82.2 cm³/mol. The maximum atomic E-state index is 11.9. The standard InChI is InChI=1S/C16H21NO4/c1-11-4-6-13(7-9-16(19)20)10-14(11)17-15(18)8-5-12(2)21-3/h4,6-7,9-10,12H,5,8H2,1-3H3,(H,17,18)(H,19,20)/b9-7+. The Balaban J connectivity index is 2.71. The molecule has 0 saturated heterocycles. The van der Waals surface area contributed by atoms with Crippen LogP contribution in [-0.4, -0.2) is 30.2 Å². The van der Waals surface area contributed by atoms with Gasteiger partial charge in [-0.15, -0.1) is 0 Å². The van der Waals surface area contributed by atoms with E-state index in [1.54, 1.807) is 19.2 Å². The number of rotatable bonds is 7. The molecule has 1 amide bonds. The van der Waals surface area contributed by atoms with Gasteiger partial charge in [0.1, 0.15) is 0 Å². The van der Waals surface area contributed by atoms with Crippen molar-refractivity contribution in [2.24, 2.45) is 0 Å². The zero-order chi connectivity index (χ0) is 15.8. The van der Waals surface area contributed by atoms with Gasteiger partial charge in [0.25, 0.3) is 0 Å². The Morgan fingerprint density at radius 3 is 2.76 bits per heavy atom. The van der Waals surface area contributed by atoms with Gasteiger partial charge in [-0.1, -0.05) is 12.1 Å². The van der Waals surface area contributed by atoms with E-state index in [1.165, 1.54) is 6.08 Å². The van der Waals surface area contributed by atoms with Crippen LogP contribution in [0, 0.1) is 6.92 Å². The molecule has 0 bridgehead atoms. The van der Waals surface area contributed by atoms with Crippen LogP contribution in [0.3, 0.4) is 0 Å². The van der Waals surface area contributed by atoms with Gasteiger partial charge < -0.3 is 15.2 Å². The number of nitrogens with one attached hydrogen (secondary N) is 1. The van der Waals surface area contributed by atoms with Crippen LogP contribution in [0.4, 0.5) is 5.69 Å². The lowest BCUT2D eigenvalue weighted by Crippen LogP contribution is -2.15. The average Bonchev–Trinajstić information content (AvgIpc) is 2.45. The van der Waals surface area contributed by atoms with Crippen molar-refractivity contribution < 1.29 is 19.4 Å². The van der Waals surface area contributed by atoms with Crippen LogP contribution in [0.5, 0.6) is 0 Å². The van der Waals surface area contributed by atoms with E-state index in [0.717, 1.165) is 17.2 Å². The van der Waals surface area contributed by atoms with Crippen molar-refractivity contribution in [2.75, 3.05) is 12.4 Å². The van der Waals surface area contributed by atoms with Crippen LogP contribution in [0.2, 0.25) is 0 Å². The topological polar surface area (TPSA) is 75.6 Å².